The fourth-order valence-corrected chi connectivity index (χ4v) is 1.60. The molecule has 2 aromatic rings. The van der Waals surface area contributed by atoms with Crippen LogP contribution in [0.4, 0.5) is 0 Å². The monoisotopic (exact) mass is 278 g/mol. The van der Waals surface area contributed by atoms with E-state index >= 15 is 0 Å². The normalized spacial score (nSPS) is 9.81. The van der Waals surface area contributed by atoms with E-state index in [2.05, 4.69) is 32.1 Å². The molecule has 0 bridgehead atoms. The minimum atomic E-state index is 0.220. The largest absolute Gasteiger partial charge is 0.422 e. The molecule has 0 aliphatic carbocycles. The van der Waals surface area contributed by atoms with E-state index in [1.54, 1.807) is 25.2 Å². The van der Waals surface area contributed by atoms with E-state index in [0.717, 1.165) is 0 Å². The van der Waals surface area contributed by atoms with Gasteiger partial charge in [0, 0.05) is 11.5 Å². The second-order valence-electron chi connectivity index (χ2n) is 3.03. The Labute approximate surface area is 100 Å². The number of hydrogen-bond acceptors (Lipinski definition) is 4. The maximum atomic E-state index is 8.98. The maximum absolute atomic E-state index is 8.98. The SMILES string of the molecule is Cn1cnc(Oc2cccc(Br)c2C#N)n1. The fraction of sp³-hybridized carbons (Fsp3) is 0.100. The molecule has 16 heavy (non-hydrogen) atoms. The van der Waals surface area contributed by atoms with Gasteiger partial charge in [-0.2, -0.15) is 10.2 Å². The molecule has 0 N–H and O–H groups in total. The Bertz CT molecular complexity index is 558. The number of benzene rings is 1. The number of halogens is 1. The van der Waals surface area contributed by atoms with E-state index in [1.165, 1.54) is 11.0 Å². The van der Waals surface area contributed by atoms with Crippen LogP contribution in [0.15, 0.2) is 29.0 Å². The van der Waals surface area contributed by atoms with Crippen molar-refractivity contribution >= 4 is 15.9 Å². The zero-order valence-corrected chi connectivity index (χ0v) is 9.97. The van der Waals surface area contributed by atoms with Crippen LogP contribution in [-0.4, -0.2) is 14.8 Å². The summed E-state index contributed by atoms with van der Waals surface area (Å²) < 4.78 is 7.62. The van der Waals surface area contributed by atoms with Gasteiger partial charge in [-0.1, -0.05) is 6.07 Å². The van der Waals surface area contributed by atoms with Gasteiger partial charge in [-0.3, -0.25) is 4.68 Å². The summed E-state index contributed by atoms with van der Waals surface area (Å²) >= 11 is 3.28. The van der Waals surface area contributed by atoms with Gasteiger partial charge in [0.05, 0.1) is 0 Å². The minimum absolute atomic E-state index is 0.220. The van der Waals surface area contributed by atoms with Gasteiger partial charge < -0.3 is 4.74 Å². The average Bonchev–Trinajstić information content (AvgIpc) is 2.64. The van der Waals surface area contributed by atoms with Crippen LogP contribution in [0.3, 0.4) is 0 Å². The first-order valence-corrected chi connectivity index (χ1v) is 5.22. The summed E-state index contributed by atoms with van der Waals surface area (Å²) in [5.74, 6) is 0.433. The quantitative estimate of drug-likeness (QED) is 0.845. The molecule has 1 aromatic heterocycles. The van der Waals surface area contributed by atoms with Gasteiger partial charge in [0.15, 0.2) is 0 Å². The number of nitrogens with zero attached hydrogens (tertiary/aromatic N) is 4. The first-order chi connectivity index (χ1) is 7.70. The molecule has 1 aromatic carbocycles. The second-order valence-corrected chi connectivity index (χ2v) is 3.88. The van der Waals surface area contributed by atoms with Gasteiger partial charge in [-0.05, 0) is 28.1 Å². The van der Waals surface area contributed by atoms with Crippen molar-refractivity contribution in [2.24, 2.45) is 7.05 Å². The third kappa shape index (κ3) is 2.04. The zero-order valence-electron chi connectivity index (χ0n) is 8.38. The second kappa shape index (κ2) is 4.33. The highest BCUT2D eigenvalue weighted by Crippen LogP contribution is 2.28. The van der Waals surface area contributed by atoms with Gasteiger partial charge in [0.2, 0.25) is 0 Å². The summed E-state index contributed by atoms with van der Waals surface area (Å²) in [4.78, 5) is 3.92. The van der Waals surface area contributed by atoms with Gasteiger partial charge in [-0.25, -0.2) is 0 Å². The molecule has 0 aliphatic heterocycles. The van der Waals surface area contributed by atoms with E-state index in [-0.39, 0.29) is 6.01 Å². The summed E-state index contributed by atoms with van der Waals surface area (Å²) in [7, 11) is 1.74. The van der Waals surface area contributed by atoms with E-state index in [0.29, 0.717) is 15.8 Å². The van der Waals surface area contributed by atoms with Crippen LogP contribution >= 0.6 is 15.9 Å². The number of aryl methyl sites for hydroxylation is 1. The molecule has 80 valence electrons. The number of hydrogen-bond donors (Lipinski definition) is 0. The standard InChI is InChI=1S/C10H7BrN4O/c1-15-6-13-10(14-15)16-9-4-2-3-8(11)7(9)5-12/h2-4,6H,1H3. The molecule has 0 radical (unpaired) electrons. The Hall–Kier alpha value is -1.87. The predicted molar refractivity (Wildman–Crippen MR) is 59.9 cm³/mol. The van der Waals surface area contributed by atoms with Gasteiger partial charge in [-0.15, -0.1) is 5.10 Å². The van der Waals surface area contributed by atoms with Crippen molar-refractivity contribution in [2.75, 3.05) is 0 Å². The molecular formula is C10H7BrN4O. The third-order valence-electron chi connectivity index (χ3n) is 1.87. The fourth-order valence-electron chi connectivity index (χ4n) is 1.16. The molecule has 0 fully saturated rings. The highest BCUT2D eigenvalue weighted by atomic mass is 79.9. The Kier molecular flexibility index (Phi) is 2.88. The lowest BCUT2D eigenvalue weighted by molar-refractivity contribution is 0.437. The Morgan fingerprint density at radius 2 is 2.31 bits per heavy atom. The lowest BCUT2D eigenvalue weighted by Crippen LogP contribution is -1.92. The van der Waals surface area contributed by atoms with Crippen molar-refractivity contribution in [3.63, 3.8) is 0 Å². The first-order valence-electron chi connectivity index (χ1n) is 4.43. The smallest absolute Gasteiger partial charge is 0.341 e. The molecule has 0 unspecified atom stereocenters. The van der Waals surface area contributed by atoms with E-state index in [4.69, 9.17) is 10.00 Å². The van der Waals surface area contributed by atoms with Crippen molar-refractivity contribution in [1.29, 1.82) is 5.26 Å². The maximum Gasteiger partial charge on any atom is 0.341 e. The van der Waals surface area contributed by atoms with Crippen molar-refractivity contribution < 1.29 is 4.74 Å². The summed E-state index contributed by atoms with van der Waals surface area (Å²) in [6, 6.07) is 7.53. The average molecular weight is 279 g/mol. The molecule has 0 saturated carbocycles. The molecular weight excluding hydrogens is 272 g/mol. The molecule has 6 heteroatoms. The Balaban J connectivity index is 2.35. The summed E-state index contributed by atoms with van der Waals surface area (Å²) in [5, 5.41) is 12.9. The van der Waals surface area contributed by atoms with Crippen LogP contribution in [0, 0.1) is 11.3 Å². The molecule has 5 nitrogen and oxygen atoms in total. The zero-order chi connectivity index (χ0) is 11.5. The highest BCUT2D eigenvalue weighted by molar-refractivity contribution is 9.10. The van der Waals surface area contributed by atoms with E-state index < -0.39 is 0 Å². The third-order valence-corrected chi connectivity index (χ3v) is 2.53. The summed E-state index contributed by atoms with van der Waals surface area (Å²) in [5.41, 5.74) is 0.426. The van der Waals surface area contributed by atoms with Crippen molar-refractivity contribution in [1.82, 2.24) is 14.8 Å². The Morgan fingerprint density at radius 1 is 1.50 bits per heavy atom. The topological polar surface area (TPSA) is 63.7 Å². The molecule has 2 rings (SSSR count). The lowest BCUT2D eigenvalue weighted by Gasteiger charge is -2.03. The van der Waals surface area contributed by atoms with Crippen LogP contribution in [0.2, 0.25) is 0 Å². The predicted octanol–water partition coefficient (Wildman–Crippen LogP) is 2.24. The van der Waals surface area contributed by atoms with Gasteiger partial charge >= 0.3 is 6.01 Å². The van der Waals surface area contributed by atoms with E-state index in [9.17, 15) is 0 Å². The summed E-state index contributed by atoms with van der Waals surface area (Å²) in [6.07, 6.45) is 1.53. The molecule has 0 spiro atoms. The number of rotatable bonds is 2. The van der Waals surface area contributed by atoms with Crippen molar-refractivity contribution in [3.05, 3.63) is 34.6 Å². The Morgan fingerprint density at radius 3 is 2.94 bits per heavy atom. The molecule has 0 amide bonds. The van der Waals surface area contributed by atoms with Crippen LogP contribution in [0.5, 0.6) is 11.8 Å². The number of aromatic nitrogens is 3. The number of ether oxygens (including phenoxy) is 1. The lowest BCUT2D eigenvalue weighted by atomic mass is 10.2. The van der Waals surface area contributed by atoms with Crippen LogP contribution in [0.1, 0.15) is 5.56 Å². The van der Waals surface area contributed by atoms with Crippen LogP contribution < -0.4 is 4.74 Å². The first kappa shape index (κ1) is 10.6. The molecule has 0 aliphatic rings. The number of nitriles is 1. The molecule has 1 heterocycles. The minimum Gasteiger partial charge on any atom is -0.422 e. The van der Waals surface area contributed by atoms with Crippen LogP contribution in [-0.2, 0) is 7.05 Å². The summed E-state index contributed by atoms with van der Waals surface area (Å²) in [6.45, 7) is 0. The van der Waals surface area contributed by atoms with Gasteiger partial charge in [0.25, 0.3) is 0 Å². The van der Waals surface area contributed by atoms with Gasteiger partial charge in [0.1, 0.15) is 23.7 Å². The molecule has 0 saturated heterocycles. The van der Waals surface area contributed by atoms with Crippen molar-refractivity contribution in [2.45, 2.75) is 0 Å². The van der Waals surface area contributed by atoms with Crippen LogP contribution in [0.25, 0.3) is 0 Å². The van der Waals surface area contributed by atoms with Crippen molar-refractivity contribution in [3.8, 4) is 17.8 Å². The molecule has 0 atom stereocenters. The highest BCUT2D eigenvalue weighted by Gasteiger charge is 2.09. The van der Waals surface area contributed by atoms with E-state index in [1.807, 2.05) is 0 Å².